The van der Waals surface area contributed by atoms with Crippen molar-refractivity contribution in [3.63, 3.8) is 0 Å². The number of hydrogen-bond donors (Lipinski definition) is 1. The number of carbonyl (C=O) groups excluding carboxylic acids is 1. The zero-order valence-electron chi connectivity index (χ0n) is 16.0. The highest BCUT2D eigenvalue weighted by atomic mass is 16.1. The second-order valence-electron chi connectivity index (χ2n) is 6.33. The maximum Gasteiger partial charge on any atom is 0.223 e. The highest BCUT2D eigenvalue weighted by Gasteiger charge is 2.30. The Labute approximate surface area is 143 Å². The molecular formula is C20H36N2O. The van der Waals surface area contributed by atoms with Crippen LogP contribution in [-0.2, 0) is 11.2 Å². The first-order valence-corrected chi connectivity index (χ1v) is 9.23. The van der Waals surface area contributed by atoms with Gasteiger partial charge in [-0.1, -0.05) is 41.5 Å². The minimum absolute atomic E-state index is 0.227. The summed E-state index contributed by atoms with van der Waals surface area (Å²) in [5.41, 5.74) is 1.65. The second-order valence-corrected chi connectivity index (χ2v) is 6.33. The fraction of sp³-hybridized carbons (Fsp3) is 0.700. The third-order valence-corrected chi connectivity index (χ3v) is 4.17. The molecule has 3 heteroatoms. The van der Waals surface area contributed by atoms with Crippen molar-refractivity contribution in [2.75, 3.05) is 6.54 Å². The summed E-state index contributed by atoms with van der Waals surface area (Å²) in [4.78, 5) is 16.1. The summed E-state index contributed by atoms with van der Waals surface area (Å²) in [5, 5.41) is 3.07. The van der Waals surface area contributed by atoms with Gasteiger partial charge in [-0.3, -0.25) is 9.78 Å². The lowest BCUT2D eigenvalue weighted by molar-refractivity contribution is -0.126. The molecule has 1 aliphatic rings. The zero-order chi connectivity index (χ0) is 17.7. The summed E-state index contributed by atoms with van der Waals surface area (Å²) in [6.07, 6.45) is 8.86. The summed E-state index contributed by atoms with van der Waals surface area (Å²) in [7, 11) is 0. The Bertz CT molecular complexity index is 405. The van der Waals surface area contributed by atoms with Crippen molar-refractivity contribution < 1.29 is 4.79 Å². The number of nitrogens with zero attached hydrogens (tertiary/aromatic N) is 1. The molecule has 1 aromatic heterocycles. The molecule has 1 fully saturated rings. The molecule has 132 valence electrons. The second kappa shape index (κ2) is 12.1. The van der Waals surface area contributed by atoms with Crippen LogP contribution in [0.25, 0.3) is 0 Å². The molecule has 0 unspecified atom stereocenters. The van der Waals surface area contributed by atoms with Crippen molar-refractivity contribution in [1.29, 1.82) is 0 Å². The molecule has 1 aromatic rings. The lowest BCUT2D eigenvalue weighted by Gasteiger charge is -2.33. The quantitative estimate of drug-likeness (QED) is 0.847. The van der Waals surface area contributed by atoms with Gasteiger partial charge in [0.1, 0.15) is 0 Å². The minimum atomic E-state index is 0.227. The molecule has 3 nitrogen and oxygen atoms in total. The number of aromatic nitrogens is 1. The van der Waals surface area contributed by atoms with Crippen LogP contribution >= 0.6 is 0 Å². The van der Waals surface area contributed by atoms with Gasteiger partial charge in [0.05, 0.1) is 0 Å². The molecule has 1 amide bonds. The standard InChI is InChI=1S/C16H24N2O.2C2H6/c1-16(2)8-3-14(4-9-16)15(19)18-12-7-13-5-10-17-11-6-13;2*1-2/h5-6,10-11,14H,3-4,7-9,12H2,1-2H3,(H,18,19);2*1-2H3. The molecular weight excluding hydrogens is 284 g/mol. The van der Waals surface area contributed by atoms with E-state index in [-0.39, 0.29) is 11.8 Å². The van der Waals surface area contributed by atoms with E-state index < -0.39 is 0 Å². The van der Waals surface area contributed by atoms with E-state index in [0.29, 0.717) is 5.41 Å². The van der Waals surface area contributed by atoms with Crippen LogP contribution in [0.4, 0.5) is 0 Å². The van der Waals surface area contributed by atoms with Crippen molar-refractivity contribution in [2.45, 2.75) is 73.6 Å². The SMILES string of the molecule is CC.CC.CC1(C)CCC(C(=O)NCCc2ccncc2)CC1. The molecule has 1 heterocycles. The third-order valence-electron chi connectivity index (χ3n) is 4.17. The Kier molecular flexibility index (Phi) is 11.4. The summed E-state index contributed by atoms with van der Waals surface area (Å²) in [6, 6.07) is 3.99. The fourth-order valence-corrected chi connectivity index (χ4v) is 2.69. The number of pyridine rings is 1. The van der Waals surface area contributed by atoms with Gasteiger partial charge in [-0.25, -0.2) is 0 Å². The highest BCUT2D eigenvalue weighted by Crippen LogP contribution is 2.37. The fourth-order valence-electron chi connectivity index (χ4n) is 2.69. The van der Waals surface area contributed by atoms with Gasteiger partial charge < -0.3 is 5.32 Å². The molecule has 0 bridgehead atoms. The zero-order valence-corrected chi connectivity index (χ0v) is 16.0. The molecule has 0 aliphatic heterocycles. The normalized spacial score (nSPS) is 16.3. The monoisotopic (exact) mass is 320 g/mol. The van der Waals surface area contributed by atoms with Crippen molar-refractivity contribution in [2.24, 2.45) is 11.3 Å². The Morgan fingerprint density at radius 2 is 1.65 bits per heavy atom. The summed E-state index contributed by atoms with van der Waals surface area (Å²) in [5.74, 6) is 0.468. The van der Waals surface area contributed by atoms with Gasteiger partial charge in [0.15, 0.2) is 0 Å². The van der Waals surface area contributed by atoms with E-state index in [2.05, 4.69) is 24.1 Å². The number of nitrogens with one attached hydrogen (secondary N) is 1. The van der Waals surface area contributed by atoms with Gasteiger partial charge in [-0.2, -0.15) is 0 Å². The predicted octanol–water partition coefficient (Wildman–Crippen LogP) is 5.01. The van der Waals surface area contributed by atoms with Crippen molar-refractivity contribution in [3.05, 3.63) is 30.1 Å². The van der Waals surface area contributed by atoms with Gasteiger partial charge in [0.25, 0.3) is 0 Å². The van der Waals surface area contributed by atoms with Crippen molar-refractivity contribution >= 4 is 5.91 Å². The van der Waals surface area contributed by atoms with E-state index in [4.69, 9.17) is 0 Å². The molecule has 1 N–H and O–H groups in total. The average molecular weight is 321 g/mol. The van der Waals surface area contributed by atoms with Crippen LogP contribution in [0.15, 0.2) is 24.5 Å². The number of amides is 1. The molecule has 23 heavy (non-hydrogen) atoms. The molecule has 0 spiro atoms. The van der Waals surface area contributed by atoms with E-state index >= 15 is 0 Å². The van der Waals surface area contributed by atoms with E-state index in [1.807, 2.05) is 39.8 Å². The first kappa shape index (κ1) is 21.6. The number of carbonyl (C=O) groups is 1. The Balaban J connectivity index is 0.00000112. The first-order chi connectivity index (χ1) is 11.1. The molecule has 1 aliphatic carbocycles. The number of hydrogen-bond acceptors (Lipinski definition) is 2. The van der Waals surface area contributed by atoms with Crippen LogP contribution < -0.4 is 5.32 Å². The maximum absolute atomic E-state index is 12.1. The van der Waals surface area contributed by atoms with E-state index in [0.717, 1.165) is 38.6 Å². The van der Waals surface area contributed by atoms with Gasteiger partial charge in [0, 0.05) is 24.9 Å². The molecule has 0 aromatic carbocycles. The summed E-state index contributed by atoms with van der Waals surface area (Å²) in [6.45, 7) is 13.3. The van der Waals surface area contributed by atoms with E-state index in [9.17, 15) is 4.79 Å². The lowest BCUT2D eigenvalue weighted by Crippen LogP contribution is -2.35. The maximum atomic E-state index is 12.1. The topological polar surface area (TPSA) is 42.0 Å². The van der Waals surface area contributed by atoms with Crippen LogP contribution in [0.3, 0.4) is 0 Å². The van der Waals surface area contributed by atoms with E-state index in [1.54, 1.807) is 12.4 Å². The van der Waals surface area contributed by atoms with Gasteiger partial charge >= 0.3 is 0 Å². The first-order valence-electron chi connectivity index (χ1n) is 9.23. The predicted molar refractivity (Wildman–Crippen MR) is 99.4 cm³/mol. The van der Waals surface area contributed by atoms with Crippen molar-refractivity contribution in [1.82, 2.24) is 10.3 Å². The Morgan fingerprint density at radius 3 is 2.17 bits per heavy atom. The average Bonchev–Trinajstić information content (AvgIpc) is 2.59. The molecule has 0 atom stereocenters. The van der Waals surface area contributed by atoms with Crippen LogP contribution in [-0.4, -0.2) is 17.4 Å². The van der Waals surface area contributed by atoms with Crippen LogP contribution in [0.1, 0.15) is 72.8 Å². The Hall–Kier alpha value is -1.38. The number of rotatable bonds is 4. The third kappa shape index (κ3) is 8.73. The summed E-state index contributed by atoms with van der Waals surface area (Å²) >= 11 is 0. The smallest absolute Gasteiger partial charge is 0.223 e. The van der Waals surface area contributed by atoms with Crippen LogP contribution in [0.5, 0.6) is 0 Å². The van der Waals surface area contributed by atoms with Gasteiger partial charge in [-0.15, -0.1) is 0 Å². The summed E-state index contributed by atoms with van der Waals surface area (Å²) < 4.78 is 0. The van der Waals surface area contributed by atoms with Crippen LogP contribution in [0.2, 0.25) is 0 Å². The Morgan fingerprint density at radius 1 is 1.13 bits per heavy atom. The van der Waals surface area contributed by atoms with Crippen LogP contribution in [0, 0.1) is 11.3 Å². The van der Waals surface area contributed by atoms with Gasteiger partial charge in [-0.05, 0) is 55.2 Å². The van der Waals surface area contributed by atoms with Crippen molar-refractivity contribution in [3.8, 4) is 0 Å². The molecule has 0 radical (unpaired) electrons. The largest absolute Gasteiger partial charge is 0.356 e. The molecule has 1 saturated carbocycles. The molecule has 2 rings (SSSR count). The minimum Gasteiger partial charge on any atom is -0.356 e. The van der Waals surface area contributed by atoms with Gasteiger partial charge in [0.2, 0.25) is 5.91 Å². The van der Waals surface area contributed by atoms with E-state index in [1.165, 1.54) is 5.56 Å². The highest BCUT2D eigenvalue weighted by molar-refractivity contribution is 5.78. The molecule has 0 saturated heterocycles. The lowest BCUT2D eigenvalue weighted by atomic mass is 9.73.